The standard InChI is InChI=1S/C37H69N15O11S3/c1-5-18(2)27(52-32(59)22(9-7-12-44-37(41)42)48-29(56)20(38)16-64)34(61)50-21(8-6-11-43-36(39)40)30(57)49-23(10-13-66-4)31(58)51-24(15-53)33(60)46-19(3)28(55)45-14-26(54)47-25(17-65)35(62)63/h18-25,27,53,64-65H,5-17,38H2,1-4H3,(H,45,55)(H,46,60)(H,47,54)(H,48,56)(H,49,57)(H,50,61)(H,51,58)(H,52,59)(H,62,63)(H4,39,40,43)(H4,41,42,44)/t18-,19-,20-,21-,22-,23-,24-,25-,27-/m0/s1. The largest absolute Gasteiger partial charge is 0.480 e. The molecule has 0 unspecified atom stereocenters. The molecule has 0 aliphatic heterocycles. The number of aliphatic hydroxyl groups is 1. The number of hydrogen-bond acceptors (Lipinski definition) is 16. The summed E-state index contributed by atoms with van der Waals surface area (Å²) in [6.07, 6.45) is 2.56. The Kier molecular flexibility index (Phi) is 30.6. The third kappa shape index (κ3) is 24.3. The van der Waals surface area contributed by atoms with Gasteiger partial charge in [0.05, 0.1) is 19.2 Å². The highest BCUT2D eigenvalue weighted by Gasteiger charge is 2.35. The maximum atomic E-state index is 14.0. The number of carboxylic acid groups (broad SMARTS) is 1. The van der Waals surface area contributed by atoms with Gasteiger partial charge in [-0.25, -0.2) is 4.79 Å². The predicted molar refractivity (Wildman–Crippen MR) is 255 cm³/mol. The van der Waals surface area contributed by atoms with Crippen LogP contribution in [0.5, 0.6) is 0 Å². The second-order valence-corrected chi connectivity index (χ2v) is 16.6. The van der Waals surface area contributed by atoms with Crippen molar-refractivity contribution in [2.24, 2.45) is 44.6 Å². The summed E-state index contributed by atoms with van der Waals surface area (Å²) in [5.41, 5.74) is 27.6. The number of nitrogens with zero attached hydrogens (tertiary/aromatic N) is 2. The Balaban J connectivity index is 6.31. The first-order valence-electron chi connectivity index (χ1n) is 20.9. The van der Waals surface area contributed by atoms with Gasteiger partial charge in [-0.05, 0) is 57.0 Å². The molecule has 0 rings (SSSR count). The number of aliphatic carboxylic acids is 1. The summed E-state index contributed by atoms with van der Waals surface area (Å²) in [6.45, 7) is 3.33. The minimum Gasteiger partial charge on any atom is -0.480 e. The number of nitrogens with two attached hydrogens (primary N) is 5. The van der Waals surface area contributed by atoms with E-state index in [-0.39, 0.29) is 68.6 Å². The van der Waals surface area contributed by atoms with Gasteiger partial charge in [0.15, 0.2) is 11.9 Å². The molecule has 0 aromatic carbocycles. The first-order chi connectivity index (χ1) is 31.1. The Morgan fingerprint density at radius 2 is 1.09 bits per heavy atom. The lowest BCUT2D eigenvalue weighted by Gasteiger charge is -2.29. The summed E-state index contributed by atoms with van der Waals surface area (Å²) in [5, 5.41) is 38.7. The van der Waals surface area contributed by atoms with Crippen LogP contribution in [0.4, 0.5) is 0 Å². The molecule has 0 aromatic rings. The minimum absolute atomic E-state index is 0.0165. The number of carbonyl (C=O) groups excluding carboxylic acids is 8. The molecule has 26 nitrogen and oxygen atoms in total. The Bertz CT molecular complexity index is 1690. The highest BCUT2D eigenvalue weighted by Crippen LogP contribution is 2.12. The molecule has 0 saturated heterocycles. The van der Waals surface area contributed by atoms with Gasteiger partial charge in [0.1, 0.15) is 42.3 Å². The first kappa shape index (κ1) is 60.7. The highest BCUT2D eigenvalue weighted by molar-refractivity contribution is 7.98. The fourth-order valence-electron chi connectivity index (χ4n) is 5.50. The molecule has 0 bridgehead atoms. The summed E-state index contributed by atoms with van der Waals surface area (Å²) in [6, 6.07) is -10.4. The molecule has 20 N–H and O–H groups in total. The SMILES string of the molecule is CC[C@H](C)[C@H](NC(=O)[C@H](CCCN=C(N)N)NC(=O)[C@@H](N)CS)C(=O)N[C@@H](CCCN=C(N)N)C(=O)N[C@@H](CCSC)C(=O)N[C@@H](CO)C(=O)N[C@@H](C)C(=O)NCC(=O)N[C@@H](CS)C(=O)O. The molecule has 0 aromatic heterocycles. The van der Waals surface area contributed by atoms with E-state index in [4.69, 9.17) is 33.8 Å². The fourth-order valence-corrected chi connectivity index (χ4v) is 6.38. The lowest BCUT2D eigenvalue weighted by Crippen LogP contribution is -2.61. The number of hydrogen-bond donors (Lipinski definition) is 17. The van der Waals surface area contributed by atoms with Gasteiger partial charge in [-0.3, -0.25) is 48.3 Å². The van der Waals surface area contributed by atoms with Gasteiger partial charge in [-0.1, -0.05) is 20.3 Å². The third-order valence-electron chi connectivity index (χ3n) is 9.53. The van der Waals surface area contributed by atoms with E-state index in [0.717, 1.165) is 0 Å². The predicted octanol–water partition coefficient (Wildman–Crippen LogP) is -6.31. The quantitative estimate of drug-likeness (QED) is 0.0126. The summed E-state index contributed by atoms with van der Waals surface area (Å²) >= 11 is 9.22. The van der Waals surface area contributed by atoms with Crippen molar-refractivity contribution < 1.29 is 53.4 Å². The third-order valence-corrected chi connectivity index (χ3v) is 10.9. The number of nitrogens with one attached hydrogen (secondary N) is 8. The molecule has 0 fully saturated rings. The van der Waals surface area contributed by atoms with Gasteiger partial charge in [-0.15, -0.1) is 0 Å². The normalized spacial score (nSPS) is 14.9. The van der Waals surface area contributed by atoms with E-state index in [9.17, 15) is 48.3 Å². The molecular formula is C37H69N15O11S3. The van der Waals surface area contributed by atoms with Crippen molar-refractivity contribution in [1.82, 2.24) is 42.5 Å². The van der Waals surface area contributed by atoms with Crippen LogP contribution < -0.4 is 71.2 Å². The molecular weight excluding hydrogens is 927 g/mol. The minimum atomic E-state index is -1.62. The number of thiol groups is 2. The van der Waals surface area contributed by atoms with Crippen molar-refractivity contribution in [2.45, 2.75) is 108 Å². The molecule has 376 valence electrons. The monoisotopic (exact) mass is 995 g/mol. The van der Waals surface area contributed by atoms with Crippen LogP contribution in [0.1, 0.15) is 59.3 Å². The molecule has 9 atom stereocenters. The van der Waals surface area contributed by atoms with Crippen LogP contribution in [0.2, 0.25) is 0 Å². The second kappa shape index (κ2) is 33.2. The van der Waals surface area contributed by atoms with Crippen molar-refractivity contribution in [2.75, 3.05) is 49.8 Å². The number of carbonyl (C=O) groups is 9. The van der Waals surface area contributed by atoms with Gasteiger partial charge in [0, 0.05) is 24.6 Å². The van der Waals surface area contributed by atoms with Crippen LogP contribution in [0.3, 0.4) is 0 Å². The van der Waals surface area contributed by atoms with Crippen LogP contribution in [0, 0.1) is 5.92 Å². The Morgan fingerprint density at radius 3 is 1.55 bits per heavy atom. The summed E-state index contributed by atoms with van der Waals surface area (Å²) < 4.78 is 0. The van der Waals surface area contributed by atoms with Gasteiger partial charge in [0.2, 0.25) is 47.3 Å². The van der Waals surface area contributed by atoms with E-state index in [1.807, 2.05) is 0 Å². The summed E-state index contributed by atoms with van der Waals surface area (Å²) in [7, 11) is 0. The van der Waals surface area contributed by atoms with Crippen LogP contribution in [-0.4, -0.2) is 173 Å². The highest BCUT2D eigenvalue weighted by atomic mass is 32.2. The van der Waals surface area contributed by atoms with E-state index in [0.29, 0.717) is 12.2 Å². The zero-order valence-corrected chi connectivity index (χ0v) is 40.1. The summed E-state index contributed by atoms with van der Waals surface area (Å²) in [5.74, 6) is -8.75. The molecule has 0 aliphatic rings. The second-order valence-electron chi connectivity index (χ2n) is 14.9. The van der Waals surface area contributed by atoms with Gasteiger partial charge < -0.3 is 81.4 Å². The van der Waals surface area contributed by atoms with Crippen molar-refractivity contribution >= 4 is 102 Å². The van der Waals surface area contributed by atoms with Crippen LogP contribution in [-0.2, 0) is 43.2 Å². The molecule has 0 aliphatic carbocycles. The number of thioether (sulfide) groups is 1. The first-order valence-corrected chi connectivity index (χ1v) is 23.5. The lowest BCUT2D eigenvalue weighted by molar-refractivity contribution is -0.141. The van der Waals surface area contributed by atoms with E-state index in [1.165, 1.54) is 18.7 Å². The number of aliphatic imine (C=N–C) groups is 2. The van der Waals surface area contributed by atoms with Gasteiger partial charge in [0.25, 0.3) is 0 Å². The zero-order valence-electron chi connectivity index (χ0n) is 37.5. The lowest BCUT2D eigenvalue weighted by atomic mass is 9.96. The van der Waals surface area contributed by atoms with Crippen molar-refractivity contribution in [1.29, 1.82) is 0 Å². The molecule has 0 spiro atoms. The maximum absolute atomic E-state index is 14.0. The van der Waals surface area contributed by atoms with Crippen LogP contribution in [0.15, 0.2) is 9.98 Å². The van der Waals surface area contributed by atoms with Crippen LogP contribution >= 0.6 is 37.0 Å². The smallest absolute Gasteiger partial charge is 0.327 e. The zero-order chi connectivity index (χ0) is 50.5. The van der Waals surface area contributed by atoms with Gasteiger partial charge >= 0.3 is 5.97 Å². The van der Waals surface area contributed by atoms with Crippen molar-refractivity contribution in [3.05, 3.63) is 0 Å². The van der Waals surface area contributed by atoms with Crippen molar-refractivity contribution in [3.63, 3.8) is 0 Å². The molecule has 8 amide bonds. The molecule has 0 heterocycles. The Labute approximate surface area is 398 Å². The number of carboxylic acids is 1. The number of guanidine groups is 2. The number of aliphatic hydroxyl groups excluding tert-OH is 1. The van der Waals surface area contributed by atoms with Gasteiger partial charge in [-0.2, -0.15) is 37.0 Å². The Morgan fingerprint density at radius 1 is 0.621 bits per heavy atom. The van der Waals surface area contributed by atoms with Crippen molar-refractivity contribution in [3.8, 4) is 0 Å². The van der Waals surface area contributed by atoms with E-state index in [1.54, 1.807) is 20.1 Å². The van der Waals surface area contributed by atoms with Crippen LogP contribution in [0.25, 0.3) is 0 Å². The average molecular weight is 996 g/mol. The average Bonchev–Trinajstić information content (AvgIpc) is 3.27. The fraction of sp³-hybridized carbons (Fsp3) is 0.703. The van der Waals surface area contributed by atoms with E-state index < -0.39 is 121 Å². The van der Waals surface area contributed by atoms with E-state index >= 15 is 0 Å². The topological polar surface area (TPSA) is 445 Å². The number of amides is 8. The molecule has 29 heteroatoms. The molecule has 66 heavy (non-hydrogen) atoms. The van der Waals surface area contributed by atoms with E-state index in [2.05, 4.69) is 77.8 Å². The number of rotatable bonds is 33. The Hall–Kier alpha value is -5.26. The molecule has 0 saturated carbocycles. The maximum Gasteiger partial charge on any atom is 0.327 e. The summed E-state index contributed by atoms with van der Waals surface area (Å²) in [4.78, 5) is 125. The molecule has 0 radical (unpaired) electrons.